The molecule has 1 aromatic rings. The molecule has 1 fully saturated rings. The zero-order chi connectivity index (χ0) is 14.0. The smallest absolute Gasteiger partial charge is 0.244 e. The Bertz CT molecular complexity index is 483. The van der Waals surface area contributed by atoms with Gasteiger partial charge < -0.3 is 15.8 Å². The van der Waals surface area contributed by atoms with Crippen molar-refractivity contribution in [1.29, 1.82) is 0 Å². The van der Waals surface area contributed by atoms with Crippen molar-refractivity contribution in [2.75, 3.05) is 18.5 Å². The molecule has 7 heteroatoms. The van der Waals surface area contributed by atoms with E-state index in [0.29, 0.717) is 36.2 Å². The van der Waals surface area contributed by atoms with Crippen LogP contribution in [0.25, 0.3) is 0 Å². The van der Waals surface area contributed by atoms with Gasteiger partial charge in [-0.25, -0.2) is 4.39 Å². The van der Waals surface area contributed by atoms with Gasteiger partial charge in [0.15, 0.2) is 0 Å². The van der Waals surface area contributed by atoms with Crippen LogP contribution in [0.2, 0.25) is 5.02 Å². The van der Waals surface area contributed by atoms with Crippen molar-refractivity contribution in [3.63, 3.8) is 0 Å². The molecule has 104 valence electrons. The summed E-state index contributed by atoms with van der Waals surface area (Å²) in [6.45, 7) is 0.893. The van der Waals surface area contributed by atoms with E-state index in [9.17, 15) is 9.18 Å². The summed E-state index contributed by atoms with van der Waals surface area (Å²) in [5.74, 6) is -0.826. The van der Waals surface area contributed by atoms with Crippen LogP contribution in [0, 0.1) is 5.82 Å². The normalized spacial score (nSPS) is 18.1. The molecule has 4 nitrogen and oxygen atoms in total. The highest BCUT2D eigenvalue weighted by molar-refractivity contribution is 9.10. The van der Waals surface area contributed by atoms with E-state index in [4.69, 9.17) is 22.1 Å². The Morgan fingerprint density at radius 1 is 1.47 bits per heavy atom. The Balaban J connectivity index is 2.19. The van der Waals surface area contributed by atoms with Gasteiger partial charge >= 0.3 is 0 Å². The predicted molar refractivity (Wildman–Crippen MR) is 74.7 cm³/mol. The third kappa shape index (κ3) is 3.25. The number of rotatable bonds is 2. The van der Waals surface area contributed by atoms with Gasteiger partial charge in [0, 0.05) is 17.7 Å². The first kappa shape index (κ1) is 14.7. The average Bonchev–Trinajstić information content (AvgIpc) is 2.34. The Morgan fingerprint density at radius 3 is 2.68 bits per heavy atom. The number of nitrogens with one attached hydrogen (secondary N) is 1. The van der Waals surface area contributed by atoms with Gasteiger partial charge in [-0.15, -0.1) is 0 Å². The standard InChI is InChI=1S/C12H13BrClFN2O2/c13-8-5-7(15)6-9(14)10(8)17-11(18)12(16)1-3-19-4-2-12/h5-6H,1-4,16H2,(H,17,18). The summed E-state index contributed by atoms with van der Waals surface area (Å²) in [4.78, 5) is 12.2. The fraction of sp³-hybridized carbons (Fsp3) is 0.417. The highest BCUT2D eigenvalue weighted by Gasteiger charge is 2.36. The van der Waals surface area contributed by atoms with E-state index in [1.54, 1.807) is 0 Å². The lowest BCUT2D eigenvalue weighted by Crippen LogP contribution is -2.54. The summed E-state index contributed by atoms with van der Waals surface area (Å²) < 4.78 is 18.7. The van der Waals surface area contributed by atoms with Crippen LogP contribution < -0.4 is 11.1 Å². The molecule has 0 saturated carbocycles. The monoisotopic (exact) mass is 350 g/mol. The fourth-order valence-corrected chi connectivity index (χ4v) is 2.76. The molecule has 0 aliphatic carbocycles. The lowest BCUT2D eigenvalue weighted by Gasteiger charge is -2.32. The lowest BCUT2D eigenvalue weighted by atomic mass is 9.90. The minimum absolute atomic E-state index is 0.121. The zero-order valence-electron chi connectivity index (χ0n) is 10.0. The van der Waals surface area contributed by atoms with Crippen molar-refractivity contribution in [3.8, 4) is 0 Å². The molecular weight excluding hydrogens is 338 g/mol. The Labute approximate surface area is 123 Å². The van der Waals surface area contributed by atoms with E-state index < -0.39 is 11.4 Å². The first-order chi connectivity index (χ1) is 8.92. The van der Waals surface area contributed by atoms with E-state index in [1.165, 1.54) is 6.07 Å². The average molecular weight is 352 g/mol. The molecule has 0 unspecified atom stereocenters. The van der Waals surface area contributed by atoms with Crippen LogP contribution in [0.4, 0.5) is 10.1 Å². The van der Waals surface area contributed by atoms with Gasteiger partial charge in [-0.1, -0.05) is 11.6 Å². The maximum absolute atomic E-state index is 13.1. The first-order valence-corrected chi connectivity index (χ1v) is 6.92. The summed E-state index contributed by atoms with van der Waals surface area (Å²) in [7, 11) is 0. The SMILES string of the molecule is NC1(C(=O)Nc2c(Cl)cc(F)cc2Br)CCOCC1. The van der Waals surface area contributed by atoms with Crippen molar-refractivity contribution in [2.45, 2.75) is 18.4 Å². The van der Waals surface area contributed by atoms with E-state index in [0.717, 1.165) is 6.07 Å². The molecule has 0 atom stereocenters. The molecule has 1 amide bonds. The summed E-state index contributed by atoms with van der Waals surface area (Å²) in [5.41, 5.74) is 5.40. The molecule has 1 saturated heterocycles. The molecule has 1 aliphatic heterocycles. The van der Waals surface area contributed by atoms with Crippen molar-refractivity contribution >= 4 is 39.1 Å². The Morgan fingerprint density at radius 2 is 2.11 bits per heavy atom. The number of benzene rings is 1. The molecule has 0 aromatic heterocycles. The van der Waals surface area contributed by atoms with Crippen LogP contribution in [-0.4, -0.2) is 24.7 Å². The Hall–Kier alpha value is -0.690. The summed E-state index contributed by atoms with van der Waals surface area (Å²) in [5, 5.41) is 2.77. The Kier molecular flexibility index (Phi) is 4.45. The number of nitrogens with two attached hydrogens (primary N) is 1. The molecule has 19 heavy (non-hydrogen) atoms. The lowest BCUT2D eigenvalue weighted by molar-refractivity contribution is -0.124. The van der Waals surface area contributed by atoms with E-state index in [-0.39, 0.29) is 10.9 Å². The summed E-state index contributed by atoms with van der Waals surface area (Å²) in [6, 6.07) is 2.36. The molecule has 1 heterocycles. The second kappa shape index (κ2) is 5.75. The van der Waals surface area contributed by atoms with Crippen LogP contribution in [0.3, 0.4) is 0 Å². The topological polar surface area (TPSA) is 64.4 Å². The van der Waals surface area contributed by atoms with Crippen LogP contribution in [-0.2, 0) is 9.53 Å². The van der Waals surface area contributed by atoms with Crippen molar-refractivity contribution < 1.29 is 13.9 Å². The van der Waals surface area contributed by atoms with Gasteiger partial charge in [-0.3, -0.25) is 4.79 Å². The summed E-state index contributed by atoms with van der Waals surface area (Å²) >= 11 is 9.08. The predicted octanol–water partition coefficient (Wildman–Crippen LogP) is 2.69. The van der Waals surface area contributed by atoms with Crippen LogP contribution in [0.5, 0.6) is 0 Å². The first-order valence-electron chi connectivity index (χ1n) is 5.75. The third-order valence-electron chi connectivity index (χ3n) is 3.08. The van der Waals surface area contributed by atoms with Gasteiger partial charge in [0.2, 0.25) is 5.91 Å². The van der Waals surface area contributed by atoms with Crippen LogP contribution in [0.1, 0.15) is 12.8 Å². The van der Waals surface area contributed by atoms with E-state index >= 15 is 0 Å². The highest BCUT2D eigenvalue weighted by Crippen LogP contribution is 2.32. The second-order valence-electron chi connectivity index (χ2n) is 4.47. The second-order valence-corrected chi connectivity index (χ2v) is 5.73. The van der Waals surface area contributed by atoms with Crippen LogP contribution >= 0.6 is 27.5 Å². The zero-order valence-corrected chi connectivity index (χ0v) is 12.4. The van der Waals surface area contributed by atoms with Crippen LogP contribution in [0.15, 0.2) is 16.6 Å². The molecule has 0 bridgehead atoms. The highest BCUT2D eigenvalue weighted by atomic mass is 79.9. The van der Waals surface area contributed by atoms with Crippen molar-refractivity contribution in [3.05, 3.63) is 27.4 Å². The third-order valence-corrected chi connectivity index (χ3v) is 4.01. The van der Waals surface area contributed by atoms with Gasteiger partial charge in [-0.2, -0.15) is 0 Å². The number of carbonyl (C=O) groups is 1. The number of amides is 1. The van der Waals surface area contributed by atoms with E-state index in [1.807, 2.05) is 0 Å². The van der Waals surface area contributed by atoms with Gasteiger partial charge in [0.25, 0.3) is 0 Å². The maximum Gasteiger partial charge on any atom is 0.244 e. The molecule has 0 radical (unpaired) electrons. The molecular formula is C12H13BrClFN2O2. The fourth-order valence-electron chi connectivity index (χ4n) is 1.86. The maximum atomic E-state index is 13.1. The number of hydrogen-bond donors (Lipinski definition) is 2. The number of carbonyl (C=O) groups excluding carboxylic acids is 1. The number of halogens is 3. The van der Waals surface area contributed by atoms with Gasteiger partial charge in [0.05, 0.1) is 10.7 Å². The molecule has 1 aromatic carbocycles. The summed E-state index contributed by atoms with van der Waals surface area (Å²) in [6.07, 6.45) is 0.879. The molecule has 1 aliphatic rings. The minimum atomic E-state index is -0.977. The van der Waals surface area contributed by atoms with Gasteiger partial charge in [-0.05, 0) is 40.9 Å². The quantitative estimate of drug-likeness (QED) is 0.861. The molecule has 3 N–H and O–H groups in total. The van der Waals surface area contributed by atoms with Crippen molar-refractivity contribution in [1.82, 2.24) is 0 Å². The number of ether oxygens (including phenoxy) is 1. The molecule has 0 spiro atoms. The molecule has 2 rings (SSSR count). The largest absolute Gasteiger partial charge is 0.381 e. The minimum Gasteiger partial charge on any atom is -0.381 e. The van der Waals surface area contributed by atoms with Crippen molar-refractivity contribution in [2.24, 2.45) is 5.73 Å². The van der Waals surface area contributed by atoms with E-state index in [2.05, 4.69) is 21.2 Å². The van der Waals surface area contributed by atoms with Gasteiger partial charge in [0.1, 0.15) is 11.4 Å². The number of hydrogen-bond acceptors (Lipinski definition) is 3. The number of anilines is 1.